The molecule has 0 aromatic heterocycles. The molecular weight excluding hydrogens is 362 g/mol. The minimum atomic E-state index is -0.0658. The van der Waals surface area contributed by atoms with E-state index in [2.05, 4.69) is 17.0 Å². The van der Waals surface area contributed by atoms with Gasteiger partial charge in [-0.05, 0) is 49.1 Å². The van der Waals surface area contributed by atoms with Crippen LogP contribution in [0.5, 0.6) is 5.75 Å². The van der Waals surface area contributed by atoms with Gasteiger partial charge < -0.3 is 14.4 Å². The number of aryl methyl sites for hydroxylation is 1. The summed E-state index contributed by atoms with van der Waals surface area (Å²) < 4.78 is 11.1. The third kappa shape index (κ3) is 3.56. The van der Waals surface area contributed by atoms with Crippen molar-refractivity contribution in [1.82, 2.24) is 0 Å². The highest BCUT2D eigenvalue weighted by atomic mass is 35.5. The van der Waals surface area contributed by atoms with Crippen LogP contribution in [0.1, 0.15) is 27.0 Å². The number of ether oxygens (including phenoxy) is 2. The van der Waals surface area contributed by atoms with Crippen LogP contribution in [0.3, 0.4) is 0 Å². The lowest BCUT2D eigenvalue weighted by atomic mass is 9.95. The van der Waals surface area contributed by atoms with Crippen molar-refractivity contribution in [2.24, 2.45) is 5.92 Å². The Labute approximate surface area is 165 Å². The molecule has 5 heteroatoms. The first-order valence-corrected chi connectivity index (χ1v) is 9.77. The summed E-state index contributed by atoms with van der Waals surface area (Å²) in [7, 11) is 1.66. The molecule has 4 rings (SSSR count). The van der Waals surface area contributed by atoms with E-state index in [-0.39, 0.29) is 11.7 Å². The molecular formula is C22H24ClNO3. The number of anilines is 1. The fourth-order valence-corrected chi connectivity index (χ4v) is 4.29. The lowest BCUT2D eigenvalue weighted by molar-refractivity contribution is 0.0936. The van der Waals surface area contributed by atoms with Gasteiger partial charge in [0.25, 0.3) is 0 Å². The number of fused-ring (bicyclic) bond motifs is 1. The van der Waals surface area contributed by atoms with Crippen molar-refractivity contribution in [1.29, 1.82) is 0 Å². The van der Waals surface area contributed by atoms with Crippen LogP contribution >= 0.6 is 11.6 Å². The van der Waals surface area contributed by atoms with Crippen LogP contribution in [0, 0.1) is 12.8 Å². The minimum Gasteiger partial charge on any atom is -0.495 e. The Balaban J connectivity index is 1.62. The van der Waals surface area contributed by atoms with E-state index >= 15 is 0 Å². The zero-order valence-corrected chi connectivity index (χ0v) is 16.5. The maximum atomic E-state index is 13.0. The van der Waals surface area contributed by atoms with Crippen molar-refractivity contribution >= 4 is 23.1 Å². The van der Waals surface area contributed by atoms with Gasteiger partial charge in [-0.25, -0.2) is 0 Å². The zero-order valence-electron chi connectivity index (χ0n) is 15.8. The molecule has 1 aliphatic carbocycles. The number of rotatable bonds is 4. The Morgan fingerprint density at radius 1 is 1.22 bits per heavy atom. The molecule has 1 unspecified atom stereocenters. The average molecular weight is 386 g/mol. The maximum Gasteiger partial charge on any atom is 0.167 e. The third-order valence-electron chi connectivity index (χ3n) is 5.53. The standard InChI is InChI=1S/C22H24ClNO3/c1-14-3-4-19(23)16(9-14)11-17-10-15-12-20(24-5-7-27-8-6-24)21(26-2)13-18(15)22(17)25/h3-4,9,12-13,17H,5-8,10-11H2,1-2H3. The van der Waals surface area contributed by atoms with Gasteiger partial charge in [0.1, 0.15) is 5.75 Å². The van der Waals surface area contributed by atoms with E-state index in [1.807, 2.05) is 25.1 Å². The van der Waals surface area contributed by atoms with Crippen LogP contribution in [0.15, 0.2) is 30.3 Å². The van der Waals surface area contributed by atoms with Crippen molar-refractivity contribution in [2.75, 3.05) is 38.3 Å². The summed E-state index contributed by atoms with van der Waals surface area (Å²) in [6.45, 7) is 5.16. The molecule has 0 spiro atoms. The minimum absolute atomic E-state index is 0.0658. The van der Waals surface area contributed by atoms with Crippen LogP contribution in [0.2, 0.25) is 5.02 Å². The van der Waals surface area contributed by atoms with E-state index in [1.165, 1.54) is 0 Å². The number of nitrogens with zero attached hydrogens (tertiary/aromatic N) is 1. The predicted octanol–water partition coefficient (Wildman–Crippen LogP) is 4.09. The number of methoxy groups -OCH3 is 1. The quantitative estimate of drug-likeness (QED) is 0.794. The largest absolute Gasteiger partial charge is 0.495 e. The zero-order chi connectivity index (χ0) is 19.0. The van der Waals surface area contributed by atoms with Crippen LogP contribution in [0.25, 0.3) is 0 Å². The lowest BCUT2D eigenvalue weighted by Crippen LogP contribution is -2.36. The van der Waals surface area contributed by atoms with Gasteiger partial charge in [0.15, 0.2) is 5.78 Å². The van der Waals surface area contributed by atoms with Gasteiger partial charge in [-0.1, -0.05) is 29.3 Å². The molecule has 1 atom stereocenters. The highest BCUT2D eigenvalue weighted by Gasteiger charge is 2.33. The summed E-state index contributed by atoms with van der Waals surface area (Å²) in [6, 6.07) is 10.0. The molecule has 0 bridgehead atoms. The normalized spacial score (nSPS) is 19.3. The van der Waals surface area contributed by atoms with E-state index in [1.54, 1.807) is 7.11 Å². The molecule has 0 N–H and O–H groups in total. The average Bonchev–Trinajstić information content (AvgIpc) is 2.99. The Morgan fingerprint density at radius 2 is 2.00 bits per heavy atom. The fourth-order valence-electron chi connectivity index (χ4n) is 4.09. The number of morpholine rings is 1. The Morgan fingerprint density at radius 3 is 2.74 bits per heavy atom. The summed E-state index contributed by atoms with van der Waals surface area (Å²) in [5.74, 6) is 0.886. The molecule has 142 valence electrons. The van der Waals surface area contributed by atoms with Crippen molar-refractivity contribution in [2.45, 2.75) is 19.8 Å². The number of benzene rings is 2. The van der Waals surface area contributed by atoms with Crippen LogP contribution in [-0.4, -0.2) is 39.2 Å². The molecule has 1 heterocycles. The van der Waals surface area contributed by atoms with Gasteiger partial charge in [0, 0.05) is 29.6 Å². The Hall–Kier alpha value is -2.04. The predicted molar refractivity (Wildman–Crippen MR) is 107 cm³/mol. The first-order chi connectivity index (χ1) is 13.1. The number of carbonyl (C=O) groups excluding carboxylic acids is 1. The van der Waals surface area contributed by atoms with Crippen molar-refractivity contribution in [3.8, 4) is 5.75 Å². The number of ketones is 1. The molecule has 0 saturated carbocycles. The summed E-state index contributed by atoms with van der Waals surface area (Å²) >= 11 is 6.36. The number of hydrogen-bond donors (Lipinski definition) is 0. The highest BCUT2D eigenvalue weighted by molar-refractivity contribution is 6.31. The molecule has 1 aliphatic heterocycles. The number of hydrogen-bond acceptors (Lipinski definition) is 4. The highest BCUT2D eigenvalue weighted by Crippen LogP contribution is 2.39. The first kappa shape index (κ1) is 18.3. The summed E-state index contributed by atoms with van der Waals surface area (Å²) in [5.41, 5.74) is 5.16. The van der Waals surface area contributed by atoms with E-state index in [0.29, 0.717) is 19.6 Å². The Kier molecular flexibility index (Phi) is 5.11. The third-order valence-corrected chi connectivity index (χ3v) is 5.90. The lowest BCUT2D eigenvalue weighted by Gasteiger charge is -2.30. The molecule has 0 radical (unpaired) electrons. The second-order valence-electron chi connectivity index (χ2n) is 7.34. The summed E-state index contributed by atoms with van der Waals surface area (Å²) in [6.07, 6.45) is 1.42. The van der Waals surface area contributed by atoms with Gasteiger partial charge in [-0.2, -0.15) is 0 Å². The molecule has 27 heavy (non-hydrogen) atoms. The van der Waals surface area contributed by atoms with Gasteiger partial charge in [0.2, 0.25) is 0 Å². The van der Waals surface area contributed by atoms with E-state index in [9.17, 15) is 4.79 Å². The number of carbonyl (C=O) groups is 1. The van der Waals surface area contributed by atoms with Gasteiger partial charge in [-0.3, -0.25) is 4.79 Å². The second-order valence-corrected chi connectivity index (χ2v) is 7.75. The monoisotopic (exact) mass is 385 g/mol. The van der Waals surface area contributed by atoms with Crippen molar-refractivity contribution in [3.05, 3.63) is 57.6 Å². The van der Waals surface area contributed by atoms with Gasteiger partial charge in [-0.15, -0.1) is 0 Å². The topological polar surface area (TPSA) is 38.8 Å². The number of Topliss-reactive ketones (excluding diaryl/α,β-unsaturated/α-hetero) is 1. The molecule has 1 fully saturated rings. The Bertz CT molecular complexity index is 874. The van der Waals surface area contributed by atoms with E-state index in [0.717, 1.165) is 58.2 Å². The van der Waals surface area contributed by atoms with Gasteiger partial charge >= 0.3 is 0 Å². The fraction of sp³-hybridized carbons (Fsp3) is 0.409. The number of halogens is 1. The van der Waals surface area contributed by atoms with E-state index < -0.39 is 0 Å². The molecule has 2 aromatic carbocycles. The van der Waals surface area contributed by atoms with Crippen LogP contribution in [-0.2, 0) is 17.6 Å². The summed E-state index contributed by atoms with van der Waals surface area (Å²) in [5, 5.41) is 0.732. The second kappa shape index (κ2) is 7.53. The maximum absolute atomic E-state index is 13.0. The first-order valence-electron chi connectivity index (χ1n) is 9.39. The SMILES string of the molecule is COc1cc2c(cc1N1CCOCC1)CC(Cc1cc(C)ccc1Cl)C2=O. The van der Waals surface area contributed by atoms with Crippen molar-refractivity contribution < 1.29 is 14.3 Å². The molecule has 0 amide bonds. The van der Waals surface area contributed by atoms with E-state index in [4.69, 9.17) is 21.1 Å². The van der Waals surface area contributed by atoms with Crippen molar-refractivity contribution in [3.63, 3.8) is 0 Å². The molecule has 4 nitrogen and oxygen atoms in total. The summed E-state index contributed by atoms with van der Waals surface area (Å²) in [4.78, 5) is 15.3. The molecule has 2 aliphatic rings. The smallest absolute Gasteiger partial charge is 0.167 e. The molecule has 2 aromatic rings. The van der Waals surface area contributed by atoms with Gasteiger partial charge in [0.05, 0.1) is 26.0 Å². The van der Waals surface area contributed by atoms with Crippen LogP contribution in [0.4, 0.5) is 5.69 Å². The van der Waals surface area contributed by atoms with Crippen LogP contribution < -0.4 is 9.64 Å². The molecule has 1 saturated heterocycles.